The number of aromatic nitrogens is 1. The van der Waals surface area contributed by atoms with Crippen LogP contribution in [0.5, 0.6) is 0 Å². The van der Waals surface area contributed by atoms with Gasteiger partial charge in [0, 0.05) is 32.1 Å². The minimum atomic E-state index is -0.777. The van der Waals surface area contributed by atoms with E-state index in [9.17, 15) is 18.8 Å². The summed E-state index contributed by atoms with van der Waals surface area (Å²) in [5, 5.41) is 5.39. The van der Waals surface area contributed by atoms with E-state index in [1.807, 2.05) is 0 Å². The fourth-order valence-electron chi connectivity index (χ4n) is 3.69. The molecule has 0 fully saturated rings. The molecule has 1 aromatic carbocycles. The van der Waals surface area contributed by atoms with E-state index in [1.165, 1.54) is 11.0 Å². The van der Waals surface area contributed by atoms with Crippen molar-refractivity contribution in [3.05, 3.63) is 59.7 Å². The second-order valence-corrected chi connectivity index (χ2v) is 9.03. The van der Waals surface area contributed by atoms with Crippen LogP contribution < -0.4 is 15.5 Å². The molecule has 0 aliphatic carbocycles. The quantitative estimate of drug-likeness (QED) is 0.696. The molecule has 2 aromatic rings. The maximum Gasteiger partial charge on any atom is 0.407 e. The van der Waals surface area contributed by atoms with Gasteiger partial charge in [0.15, 0.2) is 0 Å². The zero-order chi connectivity index (χ0) is 24.2. The third-order valence-corrected chi connectivity index (χ3v) is 5.17. The number of hydrogen-bond acceptors (Lipinski definition) is 5. The predicted octanol–water partition coefficient (Wildman–Crippen LogP) is 2.75. The molecule has 33 heavy (non-hydrogen) atoms. The Bertz CT molecular complexity index is 1040. The highest BCUT2D eigenvalue weighted by Crippen LogP contribution is 2.24. The number of alkyl carbamates (subject to hydrolysis) is 1. The molecule has 1 aliphatic heterocycles. The maximum absolute atomic E-state index is 14.2. The van der Waals surface area contributed by atoms with E-state index in [0.29, 0.717) is 16.9 Å². The number of benzene rings is 1. The van der Waals surface area contributed by atoms with Crippen molar-refractivity contribution in [2.45, 2.75) is 57.7 Å². The summed E-state index contributed by atoms with van der Waals surface area (Å²) in [5.74, 6) is -1.13. The van der Waals surface area contributed by atoms with Crippen LogP contribution in [-0.2, 0) is 27.2 Å². The number of pyridine rings is 1. The van der Waals surface area contributed by atoms with Gasteiger partial charge in [0.2, 0.25) is 11.8 Å². The maximum atomic E-state index is 14.2. The van der Waals surface area contributed by atoms with Crippen LogP contribution in [0.3, 0.4) is 0 Å². The molecule has 2 atom stereocenters. The lowest BCUT2D eigenvalue weighted by Crippen LogP contribution is -2.53. The molecule has 1 aromatic heterocycles. The summed E-state index contributed by atoms with van der Waals surface area (Å²) in [4.78, 5) is 43.6. The highest BCUT2D eigenvalue weighted by molar-refractivity contribution is 6.01. The molecule has 3 rings (SSSR count). The summed E-state index contributed by atoms with van der Waals surface area (Å²) in [6.45, 7) is 5.17. The number of hydrogen-bond donors (Lipinski definition) is 2. The third-order valence-electron chi connectivity index (χ3n) is 5.17. The van der Waals surface area contributed by atoms with Crippen LogP contribution >= 0.6 is 0 Å². The van der Waals surface area contributed by atoms with E-state index in [2.05, 4.69) is 15.6 Å². The first-order chi connectivity index (χ1) is 15.5. The average molecular weight is 457 g/mol. The largest absolute Gasteiger partial charge is 0.444 e. The van der Waals surface area contributed by atoms with Crippen molar-refractivity contribution in [3.63, 3.8) is 0 Å². The van der Waals surface area contributed by atoms with E-state index in [4.69, 9.17) is 4.74 Å². The highest BCUT2D eigenvalue weighted by atomic mass is 19.1. The van der Waals surface area contributed by atoms with Gasteiger partial charge in [-0.25, -0.2) is 9.18 Å². The SMILES string of the molecule is CN1C(=O)C(NC(=O)C[C@@H](Cc2ccccc2F)NC(=O)OC(C)(C)C)Cc2ncccc21. The van der Waals surface area contributed by atoms with Crippen molar-refractivity contribution in [3.8, 4) is 0 Å². The Morgan fingerprint density at radius 2 is 1.97 bits per heavy atom. The Kier molecular flexibility index (Phi) is 7.30. The molecule has 2 heterocycles. The summed E-state index contributed by atoms with van der Waals surface area (Å²) in [7, 11) is 1.63. The number of carbonyl (C=O) groups is 3. The van der Waals surface area contributed by atoms with Crippen LogP contribution in [0.4, 0.5) is 14.9 Å². The zero-order valence-corrected chi connectivity index (χ0v) is 19.2. The normalized spacial score (nSPS) is 16.6. The Hall–Kier alpha value is -3.49. The highest BCUT2D eigenvalue weighted by Gasteiger charge is 2.33. The lowest BCUT2D eigenvalue weighted by molar-refractivity contribution is -0.128. The first kappa shape index (κ1) is 24.2. The molecule has 8 nitrogen and oxygen atoms in total. The third kappa shape index (κ3) is 6.50. The molecular formula is C24H29FN4O4. The standard InChI is InChI=1S/C24H29FN4O4/c1-24(2,3)33-23(32)27-16(12-15-8-5-6-9-17(15)25)13-21(30)28-19-14-18-20(10-7-11-26-18)29(4)22(19)31/h5-11,16,19H,12-14H2,1-4H3,(H,27,32)(H,28,30)/t16-,19?/m1/s1. The van der Waals surface area contributed by atoms with Crippen LogP contribution in [0, 0.1) is 5.82 Å². The van der Waals surface area contributed by atoms with Crippen molar-refractivity contribution >= 4 is 23.6 Å². The van der Waals surface area contributed by atoms with Gasteiger partial charge < -0.3 is 20.3 Å². The second-order valence-electron chi connectivity index (χ2n) is 9.03. The number of halogens is 1. The summed E-state index contributed by atoms with van der Waals surface area (Å²) in [6.07, 6.45) is 1.13. The molecular weight excluding hydrogens is 427 g/mol. The van der Waals surface area contributed by atoms with E-state index >= 15 is 0 Å². The Morgan fingerprint density at radius 1 is 1.24 bits per heavy atom. The van der Waals surface area contributed by atoms with Crippen LogP contribution in [-0.4, -0.2) is 47.6 Å². The fraction of sp³-hybridized carbons (Fsp3) is 0.417. The number of ether oxygens (including phenoxy) is 1. The molecule has 1 aliphatic rings. The van der Waals surface area contributed by atoms with Crippen LogP contribution in [0.2, 0.25) is 0 Å². The van der Waals surface area contributed by atoms with E-state index < -0.39 is 35.5 Å². The fourth-order valence-corrected chi connectivity index (χ4v) is 3.69. The van der Waals surface area contributed by atoms with Crippen molar-refractivity contribution in [2.24, 2.45) is 0 Å². The van der Waals surface area contributed by atoms with Gasteiger partial charge in [-0.3, -0.25) is 14.6 Å². The smallest absolute Gasteiger partial charge is 0.407 e. The molecule has 0 saturated heterocycles. The molecule has 0 radical (unpaired) electrons. The molecule has 0 saturated carbocycles. The van der Waals surface area contributed by atoms with Crippen molar-refractivity contribution in [1.29, 1.82) is 0 Å². The number of rotatable bonds is 6. The minimum absolute atomic E-state index is 0.0856. The number of amides is 3. The second kappa shape index (κ2) is 9.97. The molecule has 9 heteroatoms. The van der Waals surface area contributed by atoms with E-state index in [1.54, 1.807) is 64.3 Å². The lowest BCUT2D eigenvalue weighted by Gasteiger charge is -2.31. The van der Waals surface area contributed by atoms with Gasteiger partial charge in [-0.15, -0.1) is 0 Å². The summed E-state index contributed by atoms with van der Waals surface area (Å²) in [6, 6.07) is 8.20. The minimum Gasteiger partial charge on any atom is -0.444 e. The molecule has 2 N–H and O–H groups in total. The van der Waals surface area contributed by atoms with Crippen molar-refractivity contribution in [2.75, 3.05) is 11.9 Å². The molecule has 176 valence electrons. The zero-order valence-electron chi connectivity index (χ0n) is 19.2. The predicted molar refractivity (Wildman–Crippen MR) is 121 cm³/mol. The van der Waals surface area contributed by atoms with Crippen molar-refractivity contribution in [1.82, 2.24) is 15.6 Å². The number of anilines is 1. The van der Waals surface area contributed by atoms with Gasteiger partial charge in [-0.1, -0.05) is 18.2 Å². The summed E-state index contributed by atoms with van der Waals surface area (Å²) < 4.78 is 19.5. The van der Waals surface area contributed by atoms with E-state index in [-0.39, 0.29) is 25.2 Å². The lowest BCUT2D eigenvalue weighted by atomic mass is 10.00. The number of nitrogens with zero attached hydrogens (tertiary/aromatic N) is 2. The summed E-state index contributed by atoms with van der Waals surface area (Å²) >= 11 is 0. The van der Waals surface area contributed by atoms with Gasteiger partial charge in [0.05, 0.1) is 11.4 Å². The topological polar surface area (TPSA) is 101 Å². The number of carbonyl (C=O) groups excluding carboxylic acids is 3. The molecule has 1 unspecified atom stereocenters. The van der Waals surface area contributed by atoms with E-state index in [0.717, 1.165) is 0 Å². The van der Waals surface area contributed by atoms with Gasteiger partial charge in [-0.05, 0) is 51.0 Å². The van der Waals surface area contributed by atoms with Gasteiger partial charge in [-0.2, -0.15) is 0 Å². The van der Waals surface area contributed by atoms with Gasteiger partial charge in [0.1, 0.15) is 17.5 Å². The molecule has 0 spiro atoms. The van der Waals surface area contributed by atoms with Gasteiger partial charge >= 0.3 is 6.09 Å². The Balaban J connectivity index is 1.70. The first-order valence-corrected chi connectivity index (χ1v) is 10.8. The first-order valence-electron chi connectivity index (χ1n) is 10.8. The van der Waals surface area contributed by atoms with Crippen LogP contribution in [0.1, 0.15) is 38.4 Å². The molecule has 3 amide bonds. The Morgan fingerprint density at radius 3 is 2.67 bits per heavy atom. The Labute approximate surface area is 192 Å². The number of fused-ring (bicyclic) bond motifs is 1. The number of likely N-dealkylation sites (N-methyl/N-ethyl adjacent to an activating group) is 1. The van der Waals surface area contributed by atoms with Crippen molar-refractivity contribution < 1.29 is 23.5 Å². The van der Waals surface area contributed by atoms with Crippen LogP contribution in [0.15, 0.2) is 42.6 Å². The summed E-state index contributed by atoms with van der Waals surface area (Å²) in [5.41, 5.74) is 1.05. The van der Waals surface area contributed by atoms with Gasteiger partial charge in [0.25, 0.3) is 0 Å². The average Bonchev–Trinajstić information content (AvgIpc) is 2.72. The number of nitrogens with one attached hydrogen (secondary N) is 2. The monoisotopic (exact) mass is 456 g/mol. The van der Waals surface area contributed by atoms with Crippen LogP contribution in [0.25, 0.3) is 0 Å². The molecule has 0 bridgehead atoms.